The fourth-order valence-corrected chi connectivity index (χ4v) is 2.63. The van der Waals surface area contributed by atoms with Gasteiger partial charge in [-0.2, -0.15) is 0 Å². The Morgan fingerprint density at radius 1 is 1.00 bits per heavy atom. The Hall–Kier alpha value is -1.59. The molecule has 0 spiro atoms. The molecule has 6 heteroatoms. The van der Waals surface area contributed by atoms with Crippen molar-refractivity contribution in [2.75, 3.05) is 26.2 Å². The molecule has 0 aliphatic carbocycles. The molecule has 6 nitrogen and oxygen atoms in total. The predicted octanol–water partition coefficient (Wildman–Crippen LogP) is 1.68. The van der Waals surface area contributed by atoms with Gasteiger partial charge in [0.2, 0.25) is 11.8 Å². The second-order valence-electron chi connectivity index (χ2n) is 6.20. The van der Waals surface area contributed by atoms with Crippen LogP contribution in [-0.2, 0) is 19.1 Å². The van der Waals surface area contributed by atoms with E-state index in [4.69, 9.17) is 4.74 Å². The van der Waals surface area contributed by atoms with E-state index in [9.17, 15) is 14.4 Å². The van der Waals surface area contributed by atoms with Gasteiger partial charge in [0.05, 0.1) is 13.2 Å². The van der Waals surface area contributed by atoms with Crippen LogP contribution in [0.25, 0.3) is 0 Å². The van der Waals surface area contributed by atoms with E-state index in [2.05, 4.69) is 0 Å². The monoisotopic (exact) mass is 326 g/mol. The number of nitrogens with zero attached hydrogens (tertiary/aromatic N) is 2. The van der Waals surface area contributed by atoms with Crippen LogP contribution in [0.4, 0.5) is 0 Å². The van der Waals surface area contributed by atoms with E-state index in [1.807, 2.05) is 27.7 Å². The Morgan fingerprint density at radius 2 is 1.57 bits per heavy atom. The summed E-state index contributed by atoms with van der Waals surface area (Å²) in [6.45, 7) is 10.8. The maximum absolute atomic E-state index is 12.5. The zero-order valence-electron chi connectivity index (χ0n) is 15.0. The lowest BCUT2D eigenvalue weighted by atomic mass is 10.0. The topological polar surface area (TPSA) is 66.9 Å². The van der Waals surface area contributed by atoms with Crippen LogP contribution in [0.5, 0.6) is 0 Å². The van der Waals surface area contributed by atoms with Gasteiger partial charge < -0.3 is 14.5 Å². The SMILES string of the molecule is CCOC(=O)C1CN(C(=O)C(C)CC)CCN1C(=O)C(C)CC. The molecule has 0 aromatic heterocycles. The van der Waals surface area contributed by atoms with Gasteiger partial charge in [-0.05, 0) is 19.8 Å². The zero-order chi connectivity index (χ0) is 17.6. The molecule has 0 N–H and O–H groups in total. The average Bonchev–Trinajstić information content (AvgIpc) is 2.58. The van der Waals surface area contributed by atoms with E-state index in [1.54, 1.807) is 16.7 Å². The summed E-state index contributed by atoms with van der Waals surface area (Å²) < 4.78 is 5.12. The Labute approximate surface area is 139 Å². The van der Waals surface area contributed by atoms with E-state index in [-0.39, 0.29) is 36.8 Å². The molecule has 0 aromatic carbocycles. The average molecular weight is 326 g/mol. The zero-order valence-corrected chi connectivity index (χ0v) is 15.0. The molecule has 1 aliphatic rings. The van der Waals surface area contributed by atoms with E-state index in [0.29, 0.717) is 13.1 Å². The number of esters is 1. The van der Waals surface area contributed by atoms with Crippen molar-refractivity contribution in [2.24, 2.45) is 11.8 Å². The molecule has 0 saturated carbocycles. The van der Waals surface area contributed by atoms with E-state index in [1.165, 1.54) is 0 Å². The predicted molar refractivity (Wildman–Crippen MR) is 87.6 cm³/mol. The van der Waals surface area contributed by atoms with Crippen molar-refractivity contribution in [2.45, 2.75) is 53.5 Å². The molecule has 132 valence electrons. The van der Waals surface area contributed by atoms with Crippen molar-refractivity contribution in [3.8, 4) is 0 Å². The highest BCUT2D eigenvalue weighted by Crippen LogP contribution is 2.19. The van der Waals surface area contributed by atoms with Gasteiger partial charge in [-0.3, -0.25) is 9.59 Å². The van der Waals surface area contributed by atoms with Crippen LogP contribution in [0.2, 0.25) is 0 Å². The van der Waals surface area contributed by atoms with Crippen LogP contribution in [-0.4, -0.2) is 59.9 Å². The summed E-state index contributed by atoms with van der Waals surface area (Å²) >= 11 is 0. The summed E-state index contributed by atoms with van der Waals surface area (Å²) in [5.41, 5.74) is 0. The first-order chi connectivity index (χ1) is 10.9. The smallest absolute Gasteiger partial charge is 0.330 e. The van der Waals surface area contributed by atoms with E-state index in [0.717, 1.165) is 12.8 Å². The summed E-state index contributed by atoms with van der Waals surface area (Å²) in [5, 5.41) is 0. The third kappa shape index (κ3) is 4.69. The molecule has 1 heterocycles. The molecule has 0 bridgehead atoms. The van der Waals surface area contributed by atoms with E-state index < -0.39 is 12.0 Å². The highest BCUT2D eigenvalue weighted by atomic mass is 16.5. The van der Waals surface area contributed by atoms with Crippen LogP contribution in [0.1, 0.15) is 47.5 Å². The number of carbonyl (C=O) groups excluding carboxylic acids is 3. The van der Waals surface area contributed by atoms with Crippen LogP contribution < -0.4 is 0 Å². The number of carbonyl (C=O) groups is 3. The summed E-state index contributed by atoms with van der Waals surface area (Å²) in [7, 11) is 0. The number of amides is 2. The van der Waals surface area contributed by atoms with Crippen LogP contribution >= 0.6 is 0 Å². The lowest BCUT2D eigenvalue weighted by Gasteiger charge is -2.41. The quantitative estimate of drug-likeness (QED) is 0.697. The lowest BCUT2D eigenvalue weighted by Crippen LogP contribution is -2.61. The maximum atomic E-state index is 12.5. The minimum absolute atomic E-state index is 0.0393. The van der Waals surface area contributed by atoms with Crippen molar-refractivity contribution in [3.05, 3.63) is 0 Å². The second kappa shape index (κ2) is 8.89. The van der Waals surface area contributed by atoms with Gasteiger partial charge in [-0.25, -0.2) is 4.79 Å². The standard InChI is InChI=1S/C17H30N2O4/c1-6-12(4)15(20)18-9-10-19(16(21)13(5)7-2)14(11-18)17(22)23-8-3/h12-14H,6-11H2,1-5H3. The first-order valence-corrected chi connectivity index (χ1v) is 8.63. The van der Waals surface area contributed by atoms with Crippen LogP contribution in [0, 0.1) is 11.8 Å². The van der Waals surface area contributed by atoms with Crippen molar-refractivity contribution in [3.63, 3.8) is 0 Å². The number of piperazine rings is 1. The Bertz CT molecular complexity index is 438. The highest BCUT2D eigenvalue weighted by molar-refractivity contribution is 5.87. The lowest BCUT2D eigenvalue weighted by molar-refractivity contribution is -0.162. The van der Waals surface area contributed by atoms with E-state index >= 15 is 0 Å². The number of rotatable bonds is 6. The van der Waals surface area contributed by atoms with Crippen LogP contribution in [0.15, 0.2) is 0 Å². The second-order valence-corrected chi connectivity index (χ2v) is 6.20. The minimum atomic E-state index is -0.696. The molecule has 0 radical (unpaired) electrons. The molecule has 3 atom stereocenters. The maximum Gasteiger partial charge on any atom is 0.330 e. The Morgan fingerprint density at radius 3 is 2.09 bits per heavy atom. The summed E-state index contributed by atoms with van der Waals surface area (Å²) in [4.78, 5) is 40.5. The third-order valence-electron chi connectivity index (χ3n) is 4.60. The van der Waals surface area contributed by atoms with Gasteiger partial charge in [-0.15, -0.1) is 0 Å². The number of ether oxygens (including phenoxy) is 1. The van der Waals surface area contributed by atoms with Gasteiger partial charge >= 0.3 is 5.97 Å². The molecular weight excluding hydrogens is 296 g/mol. The van der Waals surface area contributed by atoms with Crippen molar-refractivity contribution < 1.29 is 19.1 Å². The van der Waals surface area contributed by atoms with Crippen molar-refractivity contribution >= 4 is 17.8 Å². The van der Waals surface area contributed by atoms with Gasteiger partial charge in [0.1, 0.15) is 6.04 Å². The summed E-state index contributed by atoms with van der Waals surface area (Å²) in [6.07, 6.45) is 1.48. The summed E-state index contributed by atoms with van der Waals surface area (Å²) in [5.74, 6) is -0.636. The van der Waals surface area contributed by atoms with Gasteiger partial charge in [0.25, 0.3) is 0 Å². The number of hydrogen-bond acceptors (Lipinski definition) is 4. The fraction of sp³-hybridized carbons (Fsp3) is 0.824. The molecule has 1 saturated heterocycles. The first-order valence-electron chi connectivity index (χ1n) is 8.63. The minimum Gasteiger partial charge on any atom is -0.464 e. The Balaban J connectivity index is 2.92. The molecule has 1 aliphatic heterocycles. The number of hydrogen-bond donors (Lipinski definition) is 0. The van der Waals surface area contributed by atoms with Crippen LogP contribution in [0.3, 0.4) is 0 Å². The van der Waals surface area contributed by atoms with Gasteiger partial charge in [-0.1, -0.05) is 27.7 Å². The molecule has 23 heavy (non-hydrogen) atoms. The fourth-order valence-electron chi connectivity index (χ4n) is 2.63. The largest absolute Gasteiger partial charge is 0.464 e. The molecule has 1 rings (SSSR count). The molecular formula is C17H30N2O4. The Kier molecular flexibility index (Phi) is 7.52. The summed E-state index contributed by atoms with van der Waals surface area (Å²) in [6, 6.07) is -0.696. The normalized spacial score (nSPS) is 20.8. The molecule has 2 amide bonds. The molecule has 3 unspecified atom stereocenters. The molecule has 1 fully saturated rings. The van der Waals surface area contributed by atoms with Gasteiger partial charge in [0, 0.05) is 24.9 Å². The van der Waals surface area contributed by atoms with Crippen molar-refractivity contribution in [1.82, 2.24) is 9.80 Å². The first kappa shape index (κ1) is 19.5. The van der Waals surface area contributed by atoms with Gasteiger partial charge in [0.15, 0.2) is 0 Å². The third-order valence-corrected chi connectivity index (χ3v) is 4.60. The molecule has 0 aromatic rings. The highest BCUT2D eigenvalue weighted by Gasteiger charge is 2.39. The van der Waals surface area contributed by atoms with Crippen molar-refractivity contribution in [1.29, 1.82) is 0 Å².